The predicted octanol–water partition coefficient (Wildman–Crippen LogP) is 2.74. The maximum absolute atomic E-state index is 13.8. The van der Waals surface area contributed by atoms with Crippen molar-refractivity contribution >= 4 is 5.97 Å². The second-order valence-corrected chi connectivity index (χ2v) is 4.53. The summed E-state index contributed by atoms with van der Waals surface area (Å²) in [6.07, 6.45) is 0. The predicted molar refractivity (Wildman–Crippen MR) is 68.8 cm³/mol. The average molecular weight is 253 g/mol. The van der Waals surface area contributed by atoms with Crippen molar-refractivity contribution < 1.29 is 13.9 Å². The van der Waals surface area contributed by atoms with E-state index < -0.39 is 17.8 Å². The van der Waals surface area contributed by atoms with E-state index >= 15 is 0 Å². The molecule has 1 aromatic carbocycles. The van der Waals surface area contributed by atoms with Crippen molar-refractivity contribution in [1.29, 1.82) is 0 Å². The maximum atomic E-state index is 13.8. The molecule has 3 nitrogen and oxygen atoms in total. The highest BCUT2D eigenvalue weighted by molar-refractivity contribution is 5.77. The summed E-state index contributed by atoms with van der Waals surface area (Å²) in [6, 6.07) is 4.02. The number of rotatable bonds is 5. The van der Waals surface area contributed by atoms with Crippen LogP contribution < -0.4 is 5.32 Å². The molecular weight excluding hydrogens is 233 g/mol. The minimum absolute atomic E-state index is 0.0549. The number of benzene rings is 1. The zero-order chi connectivity index (χ0) is 13.7. The summed E-state index contributed by atoms with van der Waals surface area (Å²) < 4.78 is 18.8. The van der Waals surface area contributed by atoms with Crippen LogP contribution in [0.4, 0.5) is 4.39 Å². The molecule has 0 radical (unpaired) electrons. The van der Waals surface area contributed by atoms with Crippen LogP contribution in [0.5, 0.6) is 0 Å². The van der Waals surface area contributed by atoms with Gasteiger partial charge in [-0.15, -0.1) is 0 Å². The van der Waals surface area contributed by atoms with Gasteiger partial charge in [-0.2, -0.15) is 0 Å². The van der Waals surface area contributed by atoms with Crippen LogP contribution in [-0.2, 0) is 9.53 Å². The molecule has 0 bridgehead atoms. The molecule has 1 unspecified atom stereocenters. The number of hydrogen-bond donors (Lipinski definition) is 1. The van der Waals surface area contributed by atoms with Crippen LogP contribution in [0.15, 0.2) is 18.2 Å². The quantitative estimate of drug-likeness (QED) is 0.820. The van der Waals surface area contributed by atoms with E-state index in [4.69, 9.17) is 4.74 Å². The number of carbonyl (C=O) groups excluding carboxylic acids is 1. The number of hydrogen-bond acceptors (Lipinski definition) is 3. The first-order chi connectivity index (χ1) is 8.45. The lowest BCUT2D eigenvalue weighted by Gasteiger charge is -2.20. The molecule has 100 valence electrons. The molecule has 18 heavy (non-hydrogen) atoms. The Balaban J connectivity index is 3.08. The molecule has 0 aliphatic rings. The maximum Gasteiger partial charge on any atom is 0.327 e. The van der Waals surface area contributed by atoms with Gasteiger partial charge in [-0.25, -0.2) is 9.18 Å². The Hall–Kier alpha value is -1.42. The van der Waals surface area contributed by atoms with Gasteiger partial charge in [-0.3, -0.25) is 5.32 Å². The van der Waals surface area contributed by atoms with Gasteiger partial charge in [0.25, 0.3) is 0 Å². The lowest BCUT2D eigenvalue weighted by atomic mass is 10.0. The summed E-state index contributed by atoms with van der Waals surface area (Å²) in [4.78, 5) is 11.9. The van der Waals surface area contributed by atoms with Crippen molar-refractivity contribution in [2.24, 2.45) is 0 Å². The van der Waals surface area contributed by atoms with Crippen LogP contribution in [0.3, 0.4) is 0 Å². The van der Waals surface area contributed by atoms with E-state index in [0.717, 1.165) is 5.56 Å². The van der Waals surface area contributed by atoms with Crippen molar-refractivity contribution in [3.63, 3.8) is 0 Å². The third-order valence-electron chi connectivity index (χ3n) is 2.48. The molecule has 0 saturated heterocycles. The van der Waals surface area contributed by atoms with Crippen molar-refractivity contribution in [3.05, 3.63) is 35.1 Å². The largest absolute Gasteiger partial charge is 0.465 e. The van der Waals surface area contributed by atoms with Crippen LogP contribution in [0.1, 0.15) is 37.9 Å². The van der Waals surface area contributed by atoms with Gasteiger partial charge in [0, 0.05) is 11.6 Å². The first-order valence-corrected chi connectivity index (χ1v) is 6.14. The van der Waals surface area contributed by atoms with Crippen LogP contribution in [0.2, 0.25) is 0 Å². The van der Waals surface area contributed by atoms with E-state index in [0.29, 0.717) is 5.56 Å². The zero-order valence-electron chi connectivity index (χ0n) is 11.3. The van der Waals surface area contributed by atoms with Crippen molar-refractivity contribution in [2.45, 2.75) is 39.8 Å². The third kappa shape index (κ3) is 3.81. The molecule has 1 N–H and O–H groups in total. The van der Waals surface area contributed by atoms with Crippen molar-refractivity contribution in [2.75, 3.05) is 6.61 Å². The van der Waals surface area contributed by atoms with Crippen LogP contribution in [0.25, 0.3) is 0 Å². The molecule has 1 atom stereocenters. The topological polar surface area (TPSA) is 38.3 Å². The monoisotopic (exact) mass is 253 g/mol. The highest BCUT2D eigenvalue weighted by Gasteiger charge is 2.25. The summed E-state index contributed by atoms with van der Waals surface area (Å²) >= 11 is 0. The average Bonchev–Trinajstić information content (AvgIpc) is 2.29. The SMILES string of the molecule is CCOC(=O)C(NC(C)C)c1cc(C)ccc1F. The Morgan fingerprint density at radius 3 is 2.67 bits per heavy atom. The van der Waals surface area contributed by atoms with E-state index in [9.17, 15) is 9.18 Å². The fraction of sp³-hybridized carbons (Fsp3) is 0.500. The molecule has 0 heterocycles. The van der Waals surface area contributed by atoms with Crippen LogP contribution in [-0.4, -0.2) is 18.6 Å². The fourth-order valence-corrected chi connectivity index (χ4v) is 1.73. The number of carbonyl (C=O) groups is 1. The number of halogens is 1. The van der Waals surface area contributed by atoms with Gasteiger partial charge in [0.1, 0.15) is 11.9 Å². The summed E-state index contributed by atoms with van der Waals surface area (Å²) in [5.41, 5.74) is 1.24. The lowest BCUT2D eigenvalue weighted by molar-refractivity contribution is -0.146. The Kier molecular flexibility index (Phi) is 5.28. The Labute approximate surface area is 107 Å². The van der Waals surface area contributed by atoms with E-state index in [1.54, 1.807) is 19.1 Å². The molecule has 0 aliphatic heterocycles. The van der Waals surface area contributed by atoms with Gasteiger partial charge >= 0.3 is 5.97 Å². The molecule has 0 aromatic heterocycles. The van der Waals surface area contributed by atoms with Crippen LogP contribution >= 0.6 is 0 Å². The second-order valence-electron chi connectivity index (χ2n) is 4.53. The molecule has 0 saturated carbocycles. The van der Waals surface area contributed by atoms with E-state index in [1.165, 1.54) is 6.07 Å². The summed E-state index contributed by atoms with van der Waals surface area (Å²) in [7, 11) is 0. The molecule has 0 amide bonds. The van der Waals surface area contributed by atoms with Gasteiger partial charge in [0.2, 0.25) is 0 Å². The number of aryl methyl sites for hydroxylation is 1. The highest BCUT2D eigenvalue weighted by atomic mass is 19.1. The summed E-state index contributed by atoms with van der Waals surface area (Å²) in [5, 5.41) is 3.03. The Morgan fingerprint density at radius 2 is 2.11 bits per heavy atom. The number of ether oxygens (including phenoxy) is 1. The minimum Gasteiger partial charge on any atom is -0.465 e. The molecule has 0 spiro atoms. The molecule has 1 rings (SSSR count). The van der Waals surface area contributed by atoms with Crippen LogP contribution in [0, 0.1) is 12.7 Å². The Bertz CT molecular complexity index is 418. The van der Waals surface area contributed by atoms with Gasteiger partial charge < -0.3 is 4.74 Å². The fourth-order valence-electron chi connectivity index (χ4n) is 1.73. The van der Waals surface area contributed by atoms with E-state index in [-0.39, 0.29) is 12.6 Å². The number of nitrogens with one attached hydrogen (secondary N) is 1. The van der Waals surface area contributed by atoms with Gasteiger partial charge in [0.15, 0.2) is 0 Å². The normalized spacial score (nSPS) is 12.6. The summed E-state index contributed by atoms with van der Waals surface area (Å²) in [6.45, 7) is 7.68. The standard InChI is InChI=1S/C14H20FNO2/c1-5-18-14(17)13(16-9(2)3)11-8-10(4)6-7-12(11)15/h6-9,13,16H,5H2,1-4H3. The first-order valence-electron chi connectivity index (χ1n) is 6.14. The lowest BCUT2D eigenvalue weighted by Crippen LogP contribution is -2.35. The molecule has 0 aliphatic carbocycles. The second kappa shape index (κ2) is 6.50. The van der Waals surface area contributed by atoms with E-state index in [1.807, 2.05) is 20.8 Å². The minimum atomic E-state index is -0.759. The molecular formula is C14H20FNO2. The van der Waals surface area contributed by atoms with E-state index in [2.05, 4.69) is 5.32 Å². The highest BCUT2D eigenvalue weighted by Crippen LogP contribution is 2.20. The van der Waals surface area contributed by atoms with Gasteiger partial charge in [0.05, 0.1) is 6.61 Å². The molecule has 1 aromatic rings. The molecule has 0 fully saturated rings. The van der Waals surface area contributed by atoms with Gasteiger partial charge in [-0.1, -0.05) is 17.7 Å². The summed E-state index contributed by atoms with van der Waals surface area (Å²) in [5.74, 6) is -0.845. The smallest absolute Gasteiger partial charge is 0.327 e. The van der Waals surface area contributed by atoms with Crippen molar-refractivity contribution in [3.8, 4) is 0 Å². The molecule has 4 heteroatoms. The Morgan fingerprint density at radius 1 is 1.44 bits per heavy atom. The van der Waals surface area contributed by atoms with Crippen molar-refractivity contribution in [1.82, 2.24) is 5.32 Å². The zero-order valence-corrected chi connectivity index (χ0v) is 11.3. The van der Waals surface area contributed by atoms with Gasteiger partial charge in [-0.05, 0) is 33.8 Å². The third-order valence-corrected chi connectivity index (χ3v) is 2.48. The number of esters is 1. The first kappa shape index (κ1) is 14.6.